The molecule has 0 spiro atoms. The lowest BCUT2D eigenvalue weighted by atomic mass is 9.99. The summed E-state index contributed by atoms with van der Waals surface area (Å²) in [6, 6.07) is 4.87. The minimum atomic E-state index is -0.382. The molecule has 0 saturated carbocycles. The Balaban J connectivity index is 1.86. The van der Waals surface area contributed by atoms with E-state index in [-0.39, 0.29) is 22.6 Å². The molecule has 2 atom stereocenters. The number of hydrogen-bond donors (Lipinski definition) is 0. The van der Waals surface area contributed by atoms with Crippen molar-refractivity contribution >= 4 is 17.3 Å². The van der Waals surface area contributed by atoms with E-state index in [9.17, 15) is 14.9 Å². The molecule has 2 saturated heterocycles. The fourth-order valence-corrected chi connectivity index (χ4v) is 3.66. The number of nitrogens with zero attached hydrogens (tertiary/aromatic N) is 3. The van der Waals surface area contributed by atoms with E-state index in [0.29, 0.717) is 36.9 Å². The number of morpholine rings is 1. The van der Waals surface area contributed by atoms with E-state index in [1.165, 1.54) is 6.07 Å². The summed E-state index contributed by atoms with van der Waals surface area (Å²) in [5, 5.41) is 11.6. The van der Waals surface area contributed by atoms with Gasteiger partial charge < -0.3 is 14.5 Å². The number of anilines is 1. The highest BCUT2D eigenvalue weighted by Crippen LogP contribution is 2.32. The maximum absolute atomic E-state index is 12.7. The Morgan fingerprint density at radius 2 is 2.08 bits per heavy atom. The molecule has 25 heavy (non-hydrogen) atoms. The maximum Gasteiger partial charge on any atom is 0.293 e. The monoisotopic (exact) mass is 347 g/mol. The fourth-order valence-electron chi connectivity index (χ4n) is 3.66. The topological polar surface area (TPSA) is 75.9 Å². The van der Waals surface area contributed by atoms with E-state index in [1.54, 1.807) is 17.0 Å². The van der Waals surface area contributed by atoms with Crippen LogP contribution in [0.5, 0.6) is 0 Å². The van der Waals surface area contributed by atoms with Crippen LogP contribution in [0.4, 0.5) is 11.4 Å². The van der Waals surface area contributed by atoms with Gasteiger partial charge in [0.05, 0.1) is 17.6 Å². The normalized spacial score (nSPS) is 24.2. The number of piperidine rings is 1. The first-order chi connectivity index (χ1) is 12.0. The summed E-state index contributed by atoms with van der Waals surface area (Å²) in [6.07, 6.45) is 2.17. The first-order valence-corrected chi connectivity index (χ1v) is 8.90. The molecule has 7 heteroatoms. The molecule has 3 rings (SSSR count). The summed E-state index contributed by atoms with van der Waals surface area (Å²) in [5.41, 5.74) is 0.999. The second-order valence-corrected chi connectivity index (χ2v) is 7.09. The third kappa shape index (κ3) is 3.92. The molecule has 0 N–H and O–H groups in total. The first-order valence-electron chi connectivity index (χ1n) is 8.90. The zero-order valence-electron chi connectivity index (χ0n) is 14.8. The third-order valence-corrected chi connectivity index (χ3v) is 4.95. The van der Waals surface area contributed by atoms with Gasteiger partial charge in [-0.15, -0.1) is 0 Å². The summed E-state index contributed by atoms with van der Waals surface area (Å²) in [5.74, 6) is 0.348. The van der Waals surface area contributed by atoms with Crippen LogP contribution in [0.25, 0.3) is 0 Å². The van der Waals surface area contributed by atoms with Gasteiger partial charge in [0.2, 0.25) is 0 Å². The van der Waals surface area contributed by atoms with Crippen molar-refractivity contribution in [1.82, 2.24) is 4.90 Å². The average Bonchev–Trinajstić information content (AvgIpc) is 2.60. The summed E-state index contributed by atoms with van der Waals surface area (Å²) >= 11 is 0. The Morgan fingerprint density at radius 1 is 1.28 bits per heavy atom. The van der Waals surface area contributed by atoms with Gasteiger partial charge in [-0.25, -0.2) is 0 Å². The van der Waals surface area contributed by atoms with E-state index in [1.807, 2.05) is 6.92 Å². The Labute approximate surface area is 147 Å². The van der Waals surface area contributed by atoms with Gasteiger partial charge in [0.1, 0.15) is 5.69 Å². The van der Waals surface area contributed by atoms with Crippen molar-refractivity contribution in [3.63, 3.8) is 0 Å². The van der Waals surface area contributed by atoms with Crippen molar-refractivity contribution in [2.75, 3.05) is 37.7 Å². The summed E-state index contributed by atoms with van der Waals surface area (Å²) < 4.78 is 5.46. The molecule has 7 nitrogen and oxygen atoms in total. The average molecular weight is 347 g/mol. The van der Waals surface area contributed by atoms with E-state index >= 15 is 0 Å². The van der Waals surface area contributed by atoms with Crippen LogP contribution in [0.15, 0.2) is 18.2 Å². The van der Waals surface area contributed by atoms with Gasteiger partial charge in [-0.1, -0.05) is 6.92 Å². The lowest BCUT2D eigenvalue weighted by Gasteiger charge is -2.33. The van der Waals surface area contributed by atoms with Crippen molar-refractivity contribution in [2.24, 2.45) is 5.92 Å². The molecule has 136 valence electrons. The number of ether oxygens (including phenoxy) is 1. The Morgan fingerprint density at radius 3 is 2.76 bits per heavy atom. The lowest BCUT2D eigenvalue weighted by Crippen LogP contribution is -2.44. The Kier molecular flexibility index (Phi) is 5.22. The highest BCUT2D eigenvalue weighted by Gasteiger charge is 2.27. The van der Waals surface area contributed by atoms with Crippen molar-refractivity contribution in [3.8, 4) is 0 Å². The smallest absolute Gasteiger partial charge is 0.293 e. The minimum Gasteiger partial charge on any atom is -0.375 e. The molecule has 1 aromatic carbocycles. The molecule has 0 aliphatic carbocycles. The second-order valence-electron chi connectivity index (χ2n) is 7.09. The van der Waals surface area contributed by atoms with E-state index in [0.717, 1.165) is 25.9 Å². The molecule has 1 aromatic rings. The van der Waals surface area contributed by atoms with Crippen LogP contribution in [0.2, 0.25) is 0 Å². The SMILES string of the molecule is C[C@@H]1CCCN(c2ccc(C(=O)N3CCO[C@@H](C)C3)cc2[N+](=O)[O-])C1. The fraction of sp³-hybridized carbons (Fsp3) is 0.611. The van der Waals surface area contributed by atoms with Gasteiger partial charge in [-0.05, 0) is 37.8 Å². The quantitative estimate of drug-likeness (QED) is 0.621. The number of benzene rings is 1. The van der Waals surface area contributed by atoms with Crippen molar-refractivity contribution in [1.29, 1.82) is 0 Å². The number of carbonyl (C=O) groups is 1. The van der Waals surface area contributed by atoms with Crippen LogP contribution in [0, 0.1) is 16.0 Å². The highest BCUT2D eigenvalue weighted by molar-refractivity contribution is 5.96. The Hall–Kier alpha value is -2.15. The maximum atomic E-state index is 12.7. The zero-order chi connectivity index (χ0) is 18.0. The number of amides is 1. The number of rotatable bonds is 3. The molecule has 2 heterocycles. The van der Waals surface area contributed by atoms with E-state index in [2.05, 4.69) is 11.8 Å². The number of nitro benzene ring substituents is 1. The van der Waals surface area contributed by atoms with E-state index < -0.39 is 0 Å². The third-order valence-electron chi connectivity index (χ3n) is 4.95. The summed E-state index contributed by atoms with van der Waals surface area (Å²) in [7, 11) is 0. The summed E-state index contributed by atoms with van der Waals surface area (Å²) in [6.45, 7) is 7.24. The standard InChI is InChI=1S/C18H25N3O4/c1-13-4-3-7-19(11-13)16-6-5-15(10-17(16)21(23)24)18(22)20-8-9-25-14(2)12-20/h5-6,10,13-14H,3-4,7-9,11-12H2,1-2H3/t13-,14+/m1/s1. The predicted octanol–water partition coefficient (Wildman–Crippen LogP) is 2.69. The largest absolute Gasteiger partial charge is 0.375 e. The molecule has 0 radical (unpaired) electrons. The van der Waals surface area contributed by atoms with Crippen molar-refractivity contribution in [2.45, 2.75) is 32.8 Å². The number of carbonyl (C=O) groups excluding carboxylic acids is 1. The van der Waals surface area contributed by atoms with Gasteiger partial charge in [0.15, 0.2) is 0 Å². The molecule has 0 bridgehead atoms. The molecular weight excluding hydrogens is 322 g/mol. The second kappa shape index (κ2) is 7.39. The molecule has 1 amide bonds. The van der Waals surface area contributed by atoms with E-state index in [4.69, 9.17) is 4.74 Å². The zero-order valence-corrected chi connectivity index (χ0v) is 14.8. The van der Waals surface area contributed by atoms with Crippen LogP contribution in [-0.2, 0) is 4.74 Å². The van der Waals surface area contributed by atoms with Crippen LogP contribution in [0.3, 0.4) is 0 Å². The van der Waals surface area contributed by atoms with Gasteiger partial charge in [-0.2, -0.15) is 0 Å². The Bertz CT molecular complexity index is 664. The van der Waals surface area contributed by atoms with Crippen molar-refractivity contribution in [3.05, 3.63) is 33.9 Å². The van der Waals surface area contributed by atoms with Gasteiger partial charge in [-0.3, -0.25) is 14.9 Å². The molecule has 2 aliphatic rings. The molecular formula is C18H25N3O4. The lowest BCUT2D eigenvalue weighted by molar-refractivity contribution is -0.384. The predicted molar refractivity (Wildman–Crippen MR) is 95.0 cm³/mol. The number of nitro groups is 1. The molecule has 2 fully saturated rings. The molecule has 0 unspecified atom stereocenters. The molecule has 0 aromatic heterocycles. The van der Waals surface area contributed by atoms with Gasteiger partial charge in [0.25, 0.3) is 11.6 Å². The summed E-state index contributed by atoms with van der Waals surface area (Å²) in [4.78, 5) is 27.7. The van der Waals surface area contributed by atoms with Crippen molar-refractivity contribution < 1.29 is 14.5 Å². The van der Waals surface area contributed by atoms with Crippen LogP contribution in [-0.4, -0.2) is 54.6 Å². The molecule has 2 aliphatic heterocycles. The van der Waals surface area contributed by atoms with Crippen LogP contribution < -0.4 is 4.90 Å². The highest BCUT2D eigenvalue weighted by atomic mass is 16.6. The minimum absolute atomic E-state index is 0.0122. The number of hydrogen-bond acceptors (Lipinski definition) is 5. The van der Waals surface area contributed by atoms with Crippen LogP contribution in [0.1, 0.15) is 37.0 Å². The van der Waals surface area contributed by atoms with Crippen LogP contribution >= 0.6 is 0 Å². The van der Waals surface area contributed by atoms with Gasteiger partial charge in [0, 0.05) is 37.8 Å². The van der Waals surface area contributed by atoms with Gasteiger partial charge >= 0.3 is 0 Å². The first kappa shape index (κ1) is 17.7.